The first-order chi connectivity index (χ1) is 15.0. The van der Waals surface area contributed by atoms with Gasteiger partial charge in [0, 0.05) is 6.42 Å². The molecule has 31 heavy (non-hydrogen) atoms. The maximum atomic E-state index is 13.0. The number of ether oxygens (including phenoxy) is 1. The largest absolute Gasteiger partial charge is 0.467 e. The second kappa shape index (κ2) is 8.59. The Kier molecular flexibility index (Phi) is 5.70. The molecule has 160 valence electrons. The summed E-state index contributed by atoms with van der Waals surface area (Å²) in [5.41, 5.74) is 3.61. The molecule has 0 unspecified atom stereocenters. The summed E-state index contributed by atoms with van der Waals surface area (Å²) in [4.78, 5) is 25.5. The fraction of sp³-hybridized carbons (Fsp3) is 0.304. The summed E-state index contributed by atoms with van der Waals surface area (Å²) in [5.74, 6) is -0.0956. The molecule has 1 aliphatic rings. The third-order valence-electron chi connectivity index (χ3n) is 5.22. The number of aromatic nitrogens is 1. The van der Waals surface area contributed by atoms with Crippen molar-refractivity contribution in [2.24, 2.45) is 5.10 Å². The van der Waals surface area contributed by atoms with E-state index >= 15 is 0 Å². The maximum Gasteiger partial charge on any atom is 0.344 e. The summed E-state index contributed by atoms with van der Waals surface area (Å²) in [6.07, 6.45) is 2.58. The van der Waals surface area contributed by atoms with E-state index in [-0.39, 0.29) is 5.56 Å². The van der Waals surface area contributed by atoms with Crippen LogP contribution in [0.1, 0.15) is 58.1 Å². The first-order valence-electron chi connectivity index (χ1n) is 10.1. The van der Waals surface area contributed by atoms with Crippen molar-refractivity contribution in [2.75, 3.05) is 6.61 Å². The van der Waals surface area contributed by atoms with E-state index in [1.54, 1.807) is 25.3 Å². The smallest absolute Gasteiger partial charge is 0.344 e. The number of amides is 1. The Morgan fingerprint density at radius 3 is 2.65 bits per heavy atom. The van der Waals surface area contributed by atoms with E-state index in [0.717, 1.165) is 16.8 Å². The molecule has 0 fully saturated rings. The van der Waals surface area contributed by atoms with Crippen LogP contribution in [0, 0.1) is 13.8 Å². The van der Waals surface area contributed by atoms with Crippen molar-refractivity contribution < 1.29 is 23.3 Å². The van der Waals surface area contributed by atoms with Crippen molar-refractivity contribution in [3.8, 4) is 0 Å². The Morgan fingerprint density at radius 1 is 1.19 bits per heavy atom. The van der Waals surface area contributed by atoms with Gasteiger partial charge in [0.1, 0.15) is 23.1 Å². The first-order valence-corrected chi connectivity index (χ1v) is 10.1. The molecule has 3 aromatic rings. The van der Waals surface area contributed by atoms with Gasteiger partial charge in [-0.1, -0.05) is 41.9 Å². The van der Waals surface area contributed by atoms with Gasteiger partial charge in [-0.05, 0) is 38.0 Å². The molecule has 1 atom stereocenters. The van der Waals surface area contributed by atoms with E-state index in [9.17, 15) is 9.59 Å². The number of benzene rings is 1. The van der Waals surface area contributed by atoms with Crippen molar-refractivity contribution in [1.29, 1.82) is 0 Å². The number of furan rings is 1. The highest BCUT2D eigenvalue weighted by atomic mass is 16.5. The Hall–Kier alpha value is -3.68. The molecule has 2 aromatic heterocycles. The summed E-state index contributed by atoms with van der Waals surface area (Å²) in [7, 11) is 0. The van der Waals surface area contributed by atoms with Gasteiger partial charge in [0.25, 0.3) is 5.91 Å². The fourth-order valence-electron chi connectivity index (χ4n) is 3.55. The lowest BCUT2D eigenvalue weighted by molar-refractivity contribution is -0.136. The van der Waals surface area contributed by atoms with Crippen LogP contribution in [0.25, 0.3) is 0 Å². The predicted octanol–water partition coefficient (Wildman–Crippen LogP) is 3.98. The average molecular weight is 421 g/mol. The van der Waals surface area contributed by atoms with Gasteiger partial charge in [-0.2, -0.15) is 5.10 Å². The minimum atomic E-state index is -0.638. The number of aryl methyl sites for hydroxylation is 3. The van der Waals surface area contributed by atoms with Gasteiger partial charge in [-0.15, -0.1) is 0 Å². The Balaban J connectivity index is 1.53. The average Bonchev–Trinajstić information content (AvgIpc) is 3.51. The van der Waals surface area contributed by atoms with Crippen molar-refractivity contribution in [2.45, 2.75) is 39.7 Å². The molecule has 4 rings (SSSR count). The molecular formula is C23H23N3O5. The van der Waals surface area contributed by atoms with Gasteiger partial charge in [-0.25, -0.2) is 9.80 Å². The lowest BCUT2D eigenvalue weighted by atomic mass is 10.0. The molecule has 0 saturated carbocycles. The fourth-order valence-corrected chi connectivity index (χ4v) is 3.55. The third kappa shape index (κ3) is 4.14. The molecule has 0 saturated heterocycles. The number of nitrogens with zero attached hydrogens (tertiary/aromatic N) is 3. The number of hydrogen-bond acceptors (Lipinski definition) is 7. The Morgan fingerprint density at radius 2 is 1.97 bits per heavy atom. The summed E-state index contributed by atoms with van der Waals surface area (Å²) in [5, 5.41) is 9.72. The molecule has 0 radical (unpaired) electrons. The van der Waals surface area contributed by atoms with Crippen LogP contribution in [0.5, 0.6) is 0 Å². The molecule has 1 aromatic carbocycles. The summed E-state index contributed by atoms with van der Waals surface area (Å²) < 4.78 is 15.9. The molecular weight excluding hydrogens is 398 g/mol. The number of hydrogen-bond donors (Lipinski definition) is 0. The van der Waals surface area contributed by atoms with Crippen molar-refractivity contribution in [3.63, 3.8) is 0 Å². The zero-order chi connectivity index (χ0) is 22.0. The minimum absolute atomic E-state index is 0.267. The van der Waals surface area contributed by atoms with E-state index in [2.05, 4.69) is 10.3 Å². The van der Waals surface area contributed by atoms with Gasteiger partial charge < -0.3 is 13.7 Å². The predicted molar refractivity (Wildman–Crippen MR) is 112 cm³/mol. The van der Waals surface area contributed by atoms with Crippen molar-refractivity contribution in [3.05, 3.63) is 76.6 Å². The lowest BCUT2D eigenvalue weighted by Gasteiger charge is -2.19. The number of carbonyl (C=O) groups is 2. The highest BCUT2D eigenvalue weighted by Gasteiger charge is 2.35. The second-order valence-electron chi connectivity index (χ2n) is 7.38. The van der Waals surface area contributed by atoms with E-state index in [0.29, 0.717) is 30.1 Å². The number of rotatable bonds is 6. The molecule has 0 bridgehead atoms. The number of hydrazone groups is 1. The Bertz CT molecular complexity index is 1110. The summed E-state index contributed by atoms with van der Waals surface area (Å²) >= 11 is 0. The molecule has 3 heterocycles. The van der Waals surface area contributed by atoms with E-state index in [1.807, 2.05) is 38.1 Å². The highest BCUT2D eigenvalue weighted by molar-refractivity contribution is 6.03. The monoisotopic (exact) mass is 421 g/mol. The number of esters is 1. The zero-order valence-electron chi connectivity index (χ0n) is 17.6. The van der Waals surface area contributed by atoms with Gasteiger partial charge in [0.05, 0.1) is 17.7 Å². The van der Waals surface area contributed by atoms with Crippen molar-refractivity contribution >= 4 is 17.6 Å². The Labute approximate surface area is 179 Å². The highest BCUT2D eigenvalue weighted by Crippen LogP contribution is 2.33. The van der Waals surface area contributed by atoms with E-state index < -0.39 is 24.5 Å². The summed E-state index contributed by atoms with van der Waals surface area (Å²) in [6.45, 7) is 5.06. The van der Waals surface area contributed by atoms with Crippen LogP contribution in [-0.2, 0) is 16.0 Å². The molecule has 1 aliphatic heterocycles. The van der Waals surface area contributed by atoms with Crippen LogP contribution >= 0.6 is 0 Å². The first kappa shape index (κ1) is 20.6. The normalized spacial score (nSPS) is 15.8. The van der Waals surface area contributed by atoms with Crippen LogP contribution in [-0.4, -0.2) is 34.4 Å². The molecule has 1 amide bonds. The second-order valence-corrected chi connectivity index (χ2v) is 7.38. The topological polar surface area (TPSA) is 98.1 Å². The van der Waals surface area contributed by atoms with Crippen LogP contribution in [0.3, 0.4) is 0 Å². The molecule has 0 aliphatic carbocycles. The van der Waals surface area contributed by atoms with Gasteiger partial charge in [-0.3, -0.25) is 4.79 Å². The van der Waals surface area contributed by atoms with Crippen LogP contribution < -0.4 is 0 Å². The molecule has 8 nitrogen and oxygen atoms in total. The van der Waals surface area contributed by atoms with Crippen molar-refractivity contribution in [1.82, 2.24) is 10.2 Å². The number of carbonyl (C=O) groups excluding carboxylic acids is 2. The van der Waals surface area contributed by atoms with E-state index in [4.69, 9.17) is 13.7 Å². The van der Waals surface area contributed by atoms with E-state index in [1.165, 1.54) is 5.01 Å². The summed E-state index contributed by atoms with van der Waals surface area (Å²) in [6, 6.07) is 11.1. The third-order valence-corrected chi connectivity index (χ3v) is 5.22. The van der Waals surface area contributed by atoms with Gasteiger partial charge in [0.2, 0.25) is 0 Å². The van der Waals surface area contributed by atoms with Crippen LogP contribution in [0.4, 0.5) is 0 Å². The molecule has 8 heteroatoms. The van der Waals surface area contributed by atoms with Crippen LogP contribution in [0.2, 0.25) is 0 Å². The van der Waals surface area contributed by atoms with Gasteiger partial charge in [0.15, 0.2) is 6.61 Å². The maximum absolute atomic E-state index is 13.0. The lowest BCUT2D eigenvalue weighted by Crippen LogP contribution is -2.31. The standard InChI is InChI=1S/C23H23N3O5/c1-4-17-22(15(3)31-25-17)23(28)30-13-21(27)26-19(20-6-5-11-29-20)12-18(24-26)16-9-7-14(2)8-10-16/h5-11,19H,4,12-13H2,1-3H3/t19-/m1/s1. The molecule has 0 N–H and O–H groups in total. The molecule has 0 spiro atoms. The SMILES string of the molecule is CCc1noc(C)c1C(=O)OCC(=O)N1N=C(c2ccc(C)cc2)C[C@@H]1c1ccco1. The van der Waals surface area contributed by atoms with Crippen LogP contribution in [0.15, 0.2) is 56.7 Å². The zero-order valence-corrected chi connectivity index (χ0v) is 17.6. The minimum Gasteiger partial charge on any atom is -0.467 e. The van der Waals surface area contributed by atoms with Gasteiger partial charge >= 0.3 is 5.97 Å². The quantitative estimate of drug-likeness (QED) is 0.558.